The maximum atomic E-state index is 12.1. The number of hydrogen-bond acceptors (Lipinski definition) is 4. The molecule has 1 atom stereocenters. The van der Waals surface area contributed by atoms with Crippen LogP contribution in [-0.4, -0.2) is 18.3 Å². The SMILES string of the molecule is CSc1ccc(COC(=O)C[C@H](NC(N)=O)c2ccc(Cl)cc2)cc1. The molecule has 0 aliphatic rings. The summed E-state index contributed by atoms with van der Waals surface area (Å²) >= 11 is 7.51. The van der Waals surface area contributed by atoms with Gasteiger partial charge in [0.15, 0.2) is 0 Å². The molecule has 2 aromatic rings. The van der Waals surface area contributed by atoms with Crippen molar-refractivity contribution in [3.63, 3.8) is 0 Å². The van der Waals surface area contributed by atoms with Gasteiger partial charge in [0.1, 0.15) is 6.61 Å². The third kappa shape index (κ3) is 6.32. The van der Waals surface area contributed by atoms with Crippen LogP contribution in [0.1, 0.15) is 23.6 Å². The first-order valence-corrected chi connectivity index (χ1v) is 9.18. The highest BCUT2D eigenvalue weighted by molar-refractivity contribution is 7.98. The molecule has 25 heavy (non-hydrogen) atoms. The Labute approximate surface area is 155 Å². The van der Waals surface area contributed by atoms with Crippen LogP contribution in [0.2, 0.25) is 5.02 Å². The van der Waals surface area contributed by atoms with E-state index >= 15 is 0 Å². The molecule has 132 valence electrons. The average Bonchev–Trinajstić information content (AvgIpc) is 2.60. The molecule has 0 fully saturated rings. The van der Waals surface area contributed by atoms with Gasteiger partial charge >= 0.3 is 12.0 Å². The van der Waals surface area contributed by atoms with Crippen LogP contribution in [0, 0.1) is 0 Å². The minimum atomic E-state index is -0.708. The summed E-state index contributed by atoms with van der Waals surface area (Å²) < 4.78 is 5.29. The average molecular weight is 379 g/mol. The van der Waals surface area contributed by atoms with Gasteiger partial charge in [-0.2, -0.15) is 0 Å². The van der Waals surface area contributed by atoms with Gasteiger partial charge in [0, 0.05) is 9.92 Å². The Bertz CT molecular complexity index is 720. The largest absolute Gasteiger partial charge is 0.461 e. The van der Waals surface area contributed by atoms with E-state index in [0.717, 1.165) is 16.0 Å². The summed E-state index contributed by atoms with van der Waals surface area (Å²) in [6.45, 7) is 0.178. The Hall–Kier alpha value is -2.18. The zero-order chi connectivity index (χ0) is 18.2. The lowest BCUT2D eigenvalue weighted by molar-refractivity contribution is -0.145. The monoisotopic (exact) mass is 378 g/mol. The molecule has 2 aromatic carbocycles. The van der Waals surface area contributed by atoms with Crippen LogP contribution in [0.25, 0.3) is 0 Å². The number of primary amides is 1. The van der Waals surface area contributed by atoms with Crippen LogP contribution < -0.4 is 11.1 Å². The summed E-state index contributed by atoms with van der Waals surface area (Å²) in [6.07, 6.45) is 1.98. The summed E-state index contributed by atoms with van der Waals surface area (Å²) in [4.78, 5) is 24.5. The number of amides is 2. The van der Waals surface area contributed by atoms with Crippen molar-refractivity contribution in [1.82, 2.24) is 5.32 Å². The first-order chi connectivity index (χ1) is 12.0. The normalized spacial score (nSPS) is 11.6. The highest BCUT2D eigenvalue weighted by Gasteiger charge is 2.18. The number of nitrogens with two attached hydrogens (primary N) is 1. The standard InChI is InChI=1S/C18H19ClN2O3S/c1-25-15-8-2-12(3-9-15)11-24-17(22)10-16(21-18(20)23)13-4-6-14(19)7-5-13/h2-9,16H,10-11H2,1H3,(H3,20,21,23)/t16-/m0/s1. The van der Waals surface area contributed by atoms with Gasteiger partial charge in [-0.1, -0.05) is 35.9 Å². The zero-order valence-electron chi connectivity index (χ0n) is 13.7. The molecule has 0 aliphatic carbocycles. The fourth-order valence-corrected chi connectivity index (χ4v) is 2.76. The quantitative estimate of drug-likeness (QED) is 0.565. The summed E-state index contributed by atoms with van der Waals surface area (Å²) in [6, 6.07) is 13.3. The van der Waals surface area contributed by atoms with Crippen molar-refractivity contribution in [2.45, 2.75) is 24.0 Å². The van der Waals surface area contributed by atoms with Crippen molar-refractivity contribution in [1.29, 1.82) is 0 Å². The maximum absolute atomic E-state index is 12.1. The molecular weight excluding hydrogens is 360 g/mol. The zero-order valence-corrected chi connectivity index (χ0v) is 15.3. The molecule has 0 aromatic heterocycles. The highest BCUT2D eigenvalue weighted by atomic mass is 35.5. The molecule has 0 aliphatic heterocycles. The minimum Gasteiger partial charge on any atom is -0.461 e. The molecule has 0 heterocycles. The number of urea groups is 1. The molecule has 0 radical (unpaired) electrons. The number of esters is 1. The van der Waals surface area contributed by atoms with Gasteiger partial charge in [0.05, 0.1) is 12.5 Å². The molecule has 0 saturated carbocycles. The Morgan fingerprint density at radius 2 is 1.80 bits per heavy atom. The van der Waals surface area contributed by atoms with E-state index in [-0.39, 0.29) is 13.0 Å². The third-order valence-electron chi connectivity index (χ3n) is 3.52. The second-order valence-corrected chi connectivity index (χ2v) is 6.64. The van der Waals surface area contributed by atoms with Gasteiger partial charge in [0.2, 0.25) is 0 Å². The first-order valence-electron chi connectivity index (χ1n) is 7.58. The summed E-state index contributed by atoms with van der Waals surface area (Å²) in [7, 11) is 0. The van der Waals surface area contributed by atoms with Crippen LogP contribution in [0.15, 0.2) is 53.4 Å². The Balaban J connectivity index is 1.96. The Morgan fingerprint density at radius 1 is 1.16 bits per heavy atom. The van der Waals surface area contributed by atoms with Crippen LogP contribution in [0.5, 0.6) is 0 Å². The summed E-state index contributed by atoms with van der Waals surface area (Å²) in [5, 5.41) is 3.12. The Morgan fingerprint density at radius 3 is 2.36 bits per heavy atom. The van der Waals surface area contributed by atoms with Crippen molar-refractivity contribution in [2.75, 3.05) is 6.26 Å². The second-order valence-electron chi connectivity index (χ2n) is 5.33. The number of benzene rings is 2. The molecule has 3 N–H and O–H groups in total. The molecule has 0 spiro atoms. The number of carbonyl (C=O) groups is 2. The fourth-order valence-electron chi connectivity index (χ4n) is 2.23. The predicted octanol–water partition coefficient (Wildman–Crippen LogP) is 3.90. The topological polar surface area (TPSA) is 81.4 Å². The van der Waals surface area contributed by atoms with Crippen LogP contribution in [0.4, 0.5) is 4.79 Å². The van der Waals surface area contributed by atoms with E-state index in [1.807, 2.05) is 30.5 Å². The smallest absolute Gasteiger partial charge is 0.312 e. The molecule has 0 bridgehead atoms. The highest BCUT2D eigenvalue weighted by Crippen LogP contribution is 2.20. The number of rotatable bonds is 7. The number of carbonyl (C=O) groups excluding carboxylic acids is 2. The van der Waals surface area contributed by atoms with Crippen molar-refractivity contribution < 1.29 is 14.3 Å². The third-order valence-corrected chi connectivity index (χ3v) is 4.51. The molecule has 2 rings (SSSR count). The van der Waals surface area contributed by atoms with E-state index in [4.69, 9.17) is 22.1 Å². The molecule has 5 nitrogen and oxygen atoms in total. The number of ether oxygens (including phenoxy) is 1. The van der Waals surface area contributed by atoms with E-state index in [9.17, 15) is 9.59 Å². The van der Waals surface area contributed by atoms with Gasteiger partial charge in [0.25, 0.3) is 0 Å². The number of halogens is 1. The van der Waals surface area contributed by atoms with Gasteiger partial charge in [-0.15, -0.1) is 11.8 Å². The predicted molar refractivity (Wildman–Crippen MR) is 99.5 cm³/mol. The van der Waals surface area contributed by atoms with Crippen LogP contribution in [-0.2, 0) is 16.1 Å². The van der Waals surface area contributed by atoms with Crippen molar-refractivity contribution in [2.24, 2.45) is 5.73 Å². The number of thioether (sulfide) groups is 1. The first kappa shape index (κ1) is 19.1. The minimum absolute atomic E-state index is 0.0204. The van der Waals surface area contributed by atoms with Crippen LogP contribution in [0.3, 0.4) is 0 Å². The van der Waals surface area contributed by atoms with E-state index in [0.29, 0.717) is 5.02 Å². The van der Waals surface area contributed by atoms with Gasteiger partial charge in [-0.25, -0.2) is 4.79 Å². The molecule has 0 saturated heterocycles. The lowest BCUT2D eigenvalue weighted by Crippen LogP contribution is -2.34. The number of hydrogen-bond donors (Lipinski definition) is 2. The molecule has 0 unspecified atom stereocenters. The van der Waals surface area contributed by atoms with Gasteiger partial charge in [-0.3, -0.25) is 4.79 Å². The van der Waals surface area contributed by atoms with Crippen molar-refractivity contribution in [3.05, 3.63) is 64.7 Å². The summed E-state index contributed by atoms with van der Waals surface area (Å²) in [5.41, 5.74) is 6.82. The Kier molecular flexibility index (Phi) is 7.16. The molecule has 2 amide bonds. The van der Waals surface area contributed by atoms with E-state index in [2.05, 4.69) is 5.32 Å². The maximum Gasteiger partial charge on any atom is 0.312 e. The van der Waals surface area contributed by atoms with E-state index in [1.165, 1.54) is 0 Å². The second kappa shape index (κ2) is 9.34. The van der Waals surface area contributed by atoms with E-state index < -0.39 is 18.0 Å². The van der Waals surface area contributed by atoms with E-state index in [1.54, 1.807) is 36.0 Å². The number of nitrogens with one attached hydrogen (secondary N) is 1. The lowest BCUT2D eigenvalue weighted by atomic mass is 10.0. The molecule has 7 heteroatoms. The molecular formula is C18H19ClN2O3S. The van der Waals surface area contributed by atoms with Gasteiger partial charge < -0.3 is 15.8 Å². The van der Waals surface area contributed by atoms with Crippen LogP contribution >= 0.6 is 23.4 Å². The lowest BCUT2D eigenvalue weighted by Gasteiger charge is -2.17. The van der Waals surface area contributed by atoms with Gasteiger partial charge in [-0.05, 0) is 41.6 Å². The van der Waals surface area contributed by atoms with Crippen molar-refractivity contribution >= 4 is 35.4 Å². The fraction of sp³-hybridized carbons (Fsp3) is 0.222. The van der Waals surface area contributed by atoms with Crippen molar-refractivity contribution in [3.8, 4) is 0 Å². The summed E-state index contributed by atoms with van der Waals surface area (Å²) in [5.74, 6) is -0.428.